The van der Waals surface area contributed by atoms with Crippen LogP contribution >= 0.6 is 0 Å². The van der Waals surface area contributed by atoms with Gasteiger partial charge in [0.05, 0.1) is 12.6 Å². The number of carbonyl (C=O) groups is 2. The zero-order valence-electron chi connectivity index (χ0n) is 11.5. The van der Waals surface area contributed by atoms with Crippen molar-refractivity contribution in [2.24, 2.45) is 5.73 Å². The summed E-state index contributed by atoms with van der Waals surface area (Å²) in [6, 6.07) is 0.0314. The van der Waals surface area contributed by atoms with Crippen molar-refractivity contribution in [1.82, 2.24) is 9.80 Å². The summed E-state index contributed by atoms with van der Waals surface area (Å²) in [4.78, 5) is 27.3. The highest BCUT2D eigenvalue weighted by Crippen LogP contribution is 2.20. The van der Waals surface area contributed by atoms with E-state index in [0.29, 0.717) is 26.1 Å². The summed E-state index contributed by atoms with van der Waals surface area (Å²) >= 11 is 0. The van der Waals surface area contributed by atoms with Crippen molar-refractivity contribution in [3.05, 3.63) is 0 Å². The van der Waals surface area contributed by atoms with E-state index in [1.807, 2.05) is 4.90 Å². The van der Waals surface area contributed by atoms with E-state index in [1.54, 1.807) is 12.0 Å². The van der Waals surface area contributed by atoms with Crippen LogP contribution < -0.4 is 5.73 Å². The van der Waals surface area contributed by atoms with Gasteiger partial charge in [0, 0.05) is 39.2 Å². The number of amides is 2. The Bertz CT molecular complexity index is 348. The first-order valence-corrected chi connectivity index (χ1v) is 6.95. The van der Waals surface area contributed by atoms with Gasteiger partial charge < -0.3 is 20.3 Å². The molecule has 0 spiro atoms. The maximum atomic E-state index is 12.3. The highest BCUT2D eigenvalue weighted by atomic mass is 16.5. The van der Waals surface area contributed by atoms with E-state index < -0.39 is 0 Å². The topological polar surface area (TPSA) is 75.9 Å². The van der Waals surface area contributed by atoms with Crippen LogP contribution in [0.2, 0.25) is 0 Å². The highest BCUT2D eigenvalue weighted by molar-refractivity contribution is 5.86. The first kappa shape index (κ1) is 14.3. The Labute approximate surface area is 113 Å². The first-order chi connectivity index (χ1) is 9.15. The Hall–Kier alpha value is -1.14. The molecule has 0 bridgehead atoms. The normalized spacial score (nSPS) is 28.0. The van der Waals surface area contributed by atoms with Gasteiger partial charge >= 0.3 is 0 Å². The van der Waals surface area contributed by atoms with Crippen LogP contribution in [0.4, 0.5) is 0 Å². The number of piperidine rings is 1. The molecule has 2 aliphatic heterocycles. The third kappa shape index (κ3) is 3.25. The van der Waals surface area contributed by atoms with Crippen LogP contribution in [-0.4, -0.2) is 67.0 Å². The highest BCUT2D eigenvalue weighted by Gasteiger charge is 2.32. The lowest BCUT2D eigenvalue weighted by Gasteiger charge is -2.39. The van der Waals surface area contributed by atoms with Crippen molar-refractivity contribution in [3.8, 4) is 0 Å². The van der Waals surface area contributed by atoms with E-state index in [9.17, 15) is 9.59 Å². The number of nitrogens with two attached hydrogens (primary N) is 1. The zero-order chi connectivity index (χ0) is 13.8. The molecule has 2 aliphatic rings. The third-order valence-electron chi connectivity index (χ3n) is 4.09. The summed E-state index contributed by atoms with van der Waals surface area (Å²) in [5.74, 6) is 0.102. The lowest BCUT2D eigenvalue weighted by atomic mass is 9.99. The molecule has 2 atom stereocenters. The molecule has 2 rings (SSSR count). The van der Waals surface area contributed by atoms with E-state index in [2.05, 4.69) is 0 Å². The minimum Gasteiger partial charge on any atom is -0.381 e. The predicted molar refractivity (Wildman–Crippen MR) is 70.4 cm³/mol. The molecule has 0 aromatic carbocycles. The molecule has 2 saturated heterocycles. The molecule has 19 heavy (non-hydrogen) atoms. The SMILES string of the molecule is COC1CCN(C(=O)CN2CCCC2=O)C(CN)C1. The van der Waals surface area contributed by atoms with Crippen molar-refractivity contribution >= 4 is 11.8 Å². The molecule has 0 aromatic rings. The first-order valence-electron chi connectivity index (χ1n) is 6.95. The van der Waals surface area contributed by atoms with Crippen LogP contribution in [0.3, 0.4) is 0 Å². The summed E-state index contributed by atoms with van der Waals surface area (Å²) in [5, 5.41) is 0. The van der Waals surface area contributed by atoms with Crippen LogP contribution in [0.1, 0.15) is 25.7 Å². The number of rotatable bonds is 4. The second-order valence-electron chi connectivity index (χ2n) is 5.28. The van der Waals surface area contributed by atoms with Crippen LogP contribution in [0.25, 0.3) is 0 Å². The molecule has 0 aromatic heterocycles. The maximum absolute atomic E-state index is 12.3. The van der Waals surface area contributed by atoms with Crippen molar-refractivity contribution in [3.63, 3.8) is 0 Å². The molecule has 0 saturated carbocycles. The minimum absolute atomic E-state index is 0.0141. The average Bonchev–Trinajstić information content (AvgIpc) is 2.83. The van der Waals surface area contributed by atoms with Crippen LogP contribution in [0, 0.1) is 0 Å². The molecule has 108 valence electrons. The minimum atomic E-state index is 0.0141. The van der Waals surface area contributed by atoms with Crippen molar-refractivity contribution in [1.29, 1.82) is 0 Å². The Balaban J connectivity index is 1.92. The largest absolute Gasteiger partial charge is 0.381 e. The van der Waals surface area contributed by atoms with Gasteiger partial charge in [-0.25, -0.2) is 0 Å². The summed E-state index contributed by atoms with van der Waals surface area (Å²) in [6.45, 7) is 2.01. The Morgan fingerprint density at radius 1 is 1.47 bits per heavy atom. The summed E-state index contributed by atoms with van der Waals surface area (Å²) in [6.07, 6.45) is 3.24. The van der Waals surface area contributed by atoms with Gasteiger partial charge in [0.25, 0.3) is 0 Å². The molecule has 0 radical (unpaired) electrons. The molecule has 2 unspecified atom stereocenters. The van der Waals surface area contributed by atoms with Crippen molar-refractivity contribution in [2.75, 3.05) is 33.3 Å². The molecular weight excluding hydrogens is 246 g/mol. The number of hydrogen-bond acceptors (Lipinski definition) is 4. The predicted octanol–water partition coefficient (Wildman–Crippen LogP) is -0.426. The maximum Gasteiger partial charge on any atom is 0.242 e. The Kier molecular flexibility index (Phi) is 4.76. The zero-order valence-corrected chi connectivity index (χ0v) is 11.5. The standard InChI is InChI=1S/C13H23N3O3/c1-19-11-4-6-16(10(7-11)8-14)13(18)9-15-5-2-3-12(15)17/h10-11H,2-9,14H2,1H3. The van der Waals surface area contributed by atoms with Gasteiger partial charge in [0.1, 0.15) is 0 Å². The Morgan fingerprint density at radius 2 is 2.26 bits per heavy atom. The fourth-order valence-electron chi connectivity index (χ4n) is 2.91. The molecule has 2 amide bonds. The van der Waals surface area contributed by atoms with E-state index in [1.165, 1.54) is 0 Å². The van der Waals surface area contributed by atoms with Gasteiger partial charge in [-0.3, -0.25) is 9.59 Å². The number of ether oxygens (including phenoxy) is 1. The fraction of sp³-hybridized carbons (Fsp3) is 0.846. The number of nitrogens with zero attached hydrogens (tertiary/aromatic N) is 2. The van der Waals surface area contributed by atoms with Crippen LogP contribution in [0.5, 0.6) is 0 Å². The van der Waals surface area contributed by atoms with Crippen LogP contribution in [0.15, 0.2) is 0 Å². The average molecular weight is 269 g/mol. The molecular formula is C13H23N3O3. The van der Waals surface area contributed by atoms with Gasteiger partial charge in [-0.2, -0.15) is 0 Å². The molecule has 6 heteroatoms. The summed E-state index contributed by atoms with van der Waals surface area (Å²) in [5.41, 5.74) is 5.75. The molecule has 2 N–H and O–H groups in total. The fourth-order valence-corrected chi connectivity index (χ4v) is 2.91. The summed E-state index contributed by atoms with van der Waals surface area (Å²) < 4.78 is 5.34. The lowest BCUT2D eigenvalue weighted by Crippen LogP contribution is -2.53. The third-order valence-corrected chi connectivity index (χ3v) is 4.09. The van der Waals surface area contributed by atoms with E-state index in [0.717, 1.165) is 19.3 Å². The van der Waals surface area contributed by atoms with Gasteiger partial charge in [-0.1, -0.05) is 0 Å². The number of likely N-dealkylation sites (tertiary alicyclic amines) is 2. The van der Waals surface area contributed by atoms with Crippen molar-refractivity contribution < 1.29 is 14.3 Å². The van der Waals surface area contributed by atoms with E-state index in [4.69, 9.17) is 10.5 Å². The summed E-state index contributed by atoms with van der Waals surface area (Å²) in [7, 11) is 1.69. The van der Waals surface area contributed by atoms with Gasteiger partial charge in [-0.05, 0) is 19.3 Å². The van der Waals surface area contributed by atoms with E-state index in [-0.39, 0.29) is 30.5 Å². The van der Waals surface area contributed by atoms with E-state index >= 15 is 0 Å². The molecule has 6 nitrogen and oxygen atoms in total. The molecule has 2 heterocycles. The number of methoxy groups -OCH3 is 1. The van der Waals surface area contributed by atoms with Gasteiger partial charge in [0.2, 0.25) is 11.8 Å². The lowest BCUT2D eigenvalue weighted by molar-refractivity contribution is -0.142. The quantitative estimate of drug-likeness (QED) is 0.751. The van der Waals surface area contributed by atoms with Crippen molar-refractivity contribution in [2.45, 2.75) is 37.8 Å². The monoisotopic (exact) mass is 269 g/mol. The second kappa shape index (κ2) is 6.34. The molecule has 2 fully saturated rings. The second-order valence-corrected chi connectivity index (χ2v) is 5.28. The number of carbonyl (C=O) groups excluding carboxylic acids is 2. The number of hydrogen-bond donors (Lipinski definition) is 1. The van der Waals surface area contributed by atoms with Gasteiger partial charge in [0.15, 0.2) is 0 Å². The van der Waals surface area contributed by atoms with Gasteiger partial charge in [-0.15, -0.1) is 0 Å². The van der Waals surface area contributed by atoms with Crippen LogP contribution in [-0.2, 0) is 14.3 Å². The smallest absolute Gasteiger partial charge is 0.242 e. The molecule has 0 aliphatic carbocycles. The Morgan fingerprint density at radius 3 is 2.84 bits per heavy atom.